The van der Waals surface area contributed by atoms with E-state index in [2.05, 4.69) is 5.43 Å². The third-order valence-electron chi connectivity index (χ3n) is 1.66. The lowest BCUT2D eigenvalue weighted by Gasteiger charge is -2.08. The van der Waals surface area contributed by atoms with E-state index in [0.717, 1.165) is 0 Å². The number of rotatable bonds is 4. The molecule has 2 amide bonds. The van der Waals surface area contributed by atoms with Crippen molar-refractivity contribution in [2.45, 2.75) is 0 Å². The minimum Gasteiger partial charge on any atom is -0.481 e. The number of amides is 2. The Morgan fingerprint density at radius 2 is 1.88 bits per heavy atom. The summed E-state index contributed by atoms with van der Waals surface area (Å²) in [4.78, 5) is 21.8. The van der Waals surface area contributed by atoms with E-state index in [1.165, 1.54) is 18.2 Å². The van der Waals surface area contributed by atoms with E-state index in [4.69, 9.17) is 16.3 Å². The van der Waals surface area contributed by atoms with Crippen LogP contribution in [-0.2, 0) is 9.59 Å². The van der Waals surface area contributed by atoms with Crippen molar-refractivity contribution in [3.8, 4) is 5.75 Å². The van der Waals surface area contributed by atoms with Gasteiger partial charge in [-0.05, 0) is 12.1 Å². The van der Waals surface area contributed by atoms with Crippen molar-refractivity contribution in [1.29, 1.82) is 0 Å². The Hall–Kier alpha value is -1.82. The van der Waals surface area contributed by atoms with E-state index in [9.17, 15) is 14.0 Å². The van der Waals surface area contributed by atoms with E-state index in [1.54, 1.807) is 6.07 Å². The molecule has 1 aromatic carbocycles. The number of benzene rings is 1. The summed E-state index contributed by atoms with van der Waals surface area (Å²) in [6.07, 6.45) is 0. The van der Waals surface area contributed by atoms with Gasteiger partial charge in [-0.15, -0.1) is 11.6 Å². The first kappa shape index (κ1) is 13.2. The van der Waals surface area contributed by atoms with E-state index in [-0.39, 0.29) is 11.6 Å². The van der Waals surface area contributed by atoms with Crippen molar-refractivity contribution in [3.05, 3.63) is 30.1 Å². The lowest BCUT2D eigenvalue weighted by atomic mass is 10.3. The summed E-state index contributed by atoms with van der Waals surface area (Å²) >= 11 is 5.19. The summed E-state index contributed by atoms with van der Waals surface area (Å²) in [5.41, 5.74) is 4.09. The van der Waals surface area contributed by atoms with Gasteiger partial charge in [0.25, 0.3) is 11.8 Å². The Morgan fingerprint density at radius 1 is 1.24 bits per heavy atom. The Morgan fingerprint density at radius 3 is 2.53 bits per heavy atom. The van der Waals surface area contributed by atoms with Gasteiger partial charge in [0, 0.05) is 0 Å². The highest BCUT2D eigenvalue weighted by Crippen LogP contribution is 2.14. The highest BCUT2D eigenvalue weighted by molar-refractivity contribution is 6.27. The molecule has 0 aliphatic rings. The first-order chi connectivity index (χ1) is 8.13. The largest absolute Gasteiger partial charge is 0.481 e. The van der Waals surface area contributed by atoms with Crippen LogP contribution in [-0.4, -0.2) is 24.3 Å². The fourth-order valence-corrected chi connectivity index (χ4v) is 0.981. The molecule has 92 valence electrons. The van der Waals surface area contributed by atoms with Gasteiger partial charge >= 0.3 is 0 Å². The number of ether oxygens (including phenoxy) is 1. The Balaban J connectivity index is 2.34. The van der Waals surface area contributed by atoms with Crippen LogP contribution in [0.1, 0.15) is 0 Å². The molecule has 0 aliphatic carbocycles. The summed E-state index contributed by atoms with van der Waals surface area (Å²) in [7, 11) is 0. The van der Waals surface area contributed by atoms with Crippen LogP contribution >= 0.6 is 11.6 Å². The normalized spacial score (nSPS) is 9.53. The molecule has 0 saturated heterocycles. The van der Waals surface area contributed by atoms with E-state index >= 15 is 0 Å². The molecule has 1 aromatic rings. The maximum absolute atomic E-state index is 13.1. The minimum atomic E-state index is -0.619. The number of carbonyl (C=O) groups excluding carboxylic acids is 2. The molecular weight excluding hydrogens is 251 g/mol. The van der Waals surface area contributed by atoms with Gasteiger partial charge in [-0.1, -0.05) is 12.1 Å². The predicted molar refractivity (Wildman–Crippen MR) is 58.9 cm³/mol. The Bertz CT molecular complexity index is 414. The molecule has 0 fully saturated rings. The van der Waals surface area contributed by atoms with Crippen LogP contribution in [0.4, 0.5) is 4.39 Å². The lowest BCUT2D eigenvalue weighted by Crippen LogP contribution is -2.44. The Labute approximate surface area is 102 Å². The number of alkyl halides is 1. The zero-order valence-corrected chi connectivity index (χ0v) is 9.46. The second-order valence-electron chi connectivity index (χ2n) is 2.95. The molecule has 0 unspecified atom stereocenters. The average Bonchev–Trinajstić information content (AvgIpc) is 2.35. The molecule has 0 aromatic heterocycles. The van der Waals surface area contributed by atoms with Crippen molar-refractivity contribution in [2.24, 2.45) is 0 Å². The van der Waals surface area contributed by atoms with Gasteiger partial charge < -0.3 is 4.74 Å². The minimum absolute atomic E-state index is 0.0358. The molecule has 2 N–H and O–H groups in total. The van der Waals surface area contributed by atoms with E-state index in [0.29, 0.717) is 0 Å². The van der Waals surface area contributed by atoms with Crippen molar-refractivity contribution in [2.75, 3.05) is 12.5 Å². The van der Waals surface area contributed by atoms with Crippen molar-refractivity contribution in [3.63, 3.8) is 0 Å². The smallest absolute Gasteiger partial charge is 0.276 e. The monoisotopic (exact) mass is 260 g/mol. The quantitative estimate of drug-likeness (QED) is 0.615. The number of carbonyl (C=O) groups is 2. The van der Waals surface area contributed by atoms with Crippen LogP contribution in [0.5, 0.6) is 5.75 Å². The van der Waals surface area contributed by atoms with Crippen LogP contribution in [0.3, 0.4) is 0 Å². The highest BCUT2D eigenvalue weighted by atomic mass is 35.5. The summed E-state index contributed by atoms with van der Waals surface area (Å²) in [6.45, 7) is -0.413. The topological polar surface area (TPSA) is 67.4 Å². The number of nitrogens with one attached hydrogen (secondary N) is 2. The van der Waals surface area contributed by atoms with Crippen molar-refractivity contribution in [1.82, 2.24) is 10.9 Å². The van der Waals surface area contributed by atoms with Gasteiger partial charge in [0.1, 0.15) is 5.88 Å². The zero-order valence-electron chi connectivity index (χ0n) is 8.70. The molecule has 0 aliphatic heterocycles. The second kappa shape index (κ2) is 6.70. The summed E-state index contributed by atoms with van der Waals surface area (Å²) in [6, 6.07) is 5.68. The number of hydrazine groups is 1. The number of hydrogen-bond donors (Lipinski definition) is 2. The lowest BCUT2D eigenvalue weighted by molar-refractivity contribution is -0.129. The van der Waals surface area contributed by atoms with Crippen LogP contribution < -0.4 is 15.6 Å². The van der Waals surface area contributed by atoms with E-state index < -0.39 is 24.2 Å². The summed E-state index contributed by atoms with van der Waals surface area (Å²) in [5.74, 6) is -2.04. The van der Waals surface area contributed by atoms with Gasteiger partial charge in [0.2, 0.25) is 0 Å². The van der Waals surface area contributed by atoms with E-state index in [1.807, 2.05) is 5.43 Å². The number of halogens is 2. The van der Waals surface area contributed by atoms with Gasteiger partial charge in [-0.2, -0.15) is 0 Å². The van der Waals surface area contributed by atoms with Crippen LogP contribution in [0.2, 0.25) is 0 Å². The molecule has 7 heteroatoms. The molecule has 0 bridgehead atoms. The third kappa shape index (κ3) is 4.69. The first-order valence-electron chi connectivity index (χ1n) is 4.64. The van der Waals surface area contributed by atoms with Gasteiger partial charge in [0.15, 0.2) is 18.2 Å². The number of hydrogen-bond acceptors (Lipinski definition) is 3. The van der Waals surface area contributed by atoms with Crippen LogP contribution in [0.15, 0.2) is 24.3 Å². The van der Waals surface area contributed by atoms with Crippen molar-refractivity contribution >= 4 is 23.4 Å². The molecule has 5 nitrogen and oxygen atoms in total. The fourth-order valence-electron chi connectivity index (χ4n) is 0.914. The second-order valence-corrected chi connectivity index (χ2v) is 3.22. The summed E-state index contributed by atoms with van der Waals surface area (Å²) in [5, 5.41) is 0. The van der Waals surface area contributed by atoms with Gasteiger partial charge in [-0.3, -0.25) is 20.4 Å². The zero-order chi connectivity index (χ0) is 12.7. The maximum Gasteiger partial charge on any atom is 0.276 e. The molecule has 17 heavy (non-hydrogen) atoms. The molecule has 0 saturated carbocycles. The number of para-hydroxylation sites is 1. The summed E-state index contributed by atoms with van der Waals surface area (Å²) < 4.78 is 18.0. The average molecular weight is 261 g/mol. The first-order valence-corrected chi connectivity index (χ1v) is 5.18. The standard InChI is InChI=1S/C10H10ClFN2O3/c11-5-9(15)13-14-10(16)6-17-8-4-2-1-3-7(8)12/h1-4H,5-6H2,(H,13,15)(H,14,16). The molecular formula is C10H10ClFN2O3. The molecule has 1 rings (SSSR count). The maximum atomic E-state index is 13.1. The molecule has 0 radical (unpaired) electrons. The predicted octanol–water partition coefficient (Wildman–Crippen LogP) is 0.591. The molecule has 0 heterocycles. The Kier molecular flexibility index (Phi) is 5.22. The van der Waals surface area contributed by atoms with Crippen molar-refractivity contribution < 1.29 is 18.7 Å². The van der Waals surface area contributed by atoms with Gasteiger partial charge in [0.05, 0.1) is 0 Å². The van der Waals surface area contributed by atoms with Crippen LogP contribution in [0.25, 0.3) is 0 Å². The van der Waals surface area contributed by atoms with Gasteiger partial charge in [-0.25, -0.2) is 4.39 Å². The SMILES string of the molecule is O=C(CCl)NNC(=O)COc1ccccc1F. The highest BCUT2D eigenvalue weighted by Gasteiger charge is 2.06. The van der Waals surface area contributed by atoms with Crippen LogP contribution in [0, 0.1) is 5.82 Å². The molecule has 0 spiro atoms. The fraction of sp³-hybridized carbons (Fsp3) is 0.200. The third-order valence-corrected chi connectivity index (χ3v) is 1.90. The molecule has 0 atom stereocenters.